The average molecular weight is 331 g/mol. The van der Waals surface area contributed by atoms with Gasteiger partial charge < -0.3 is 15.3 Å². The number of amides is 1. The normalized spacial score (nSPS) is 24.0. The summed E-state index contributed by atoms with van der Waals surface area (Å²) in [6.07, 6.45) is 2.88. The second kappa shape index (κ2) is 6.91. The quantitative estimate of drug-likeness (QED) is 0.845. The van der Waals surface area contributed by atoms with Crippen molar-refractivity contribution < 1.29 is 14.7 Å². The number of fused-ring (bicyclic) bond motifs is 1. The molecule has 2 aliphatic heterocycles. The van der Waals surface area contributed by atoms with Crippen molar-refractivity contribution >= 4 is 17.6 Å². The SMILES string of the molecule is C[C@@]1(NCC(=O)O)CCN(CC(=O)N2CCCc3ccccc32)C1. The molecule has 2 heterocycles. The summed E-state index contributed by atoms with van der Waals surface area (Å²) in [6, 6.07) is 8.12. The molecule has 1 fully saturated rings. The van der Waals surface area contributed by atoms with Gasteiger partial charge in [0.1, 0.15) is 0 Å². The number of aryl methyl sites for hydroxylation is 1. The molecule has 0 aliphatic carbocycles. The molecule has 0 unspecified atom stereocenters. The van der Waals surface area contributed by atoms with Gasteiger partial charge in [-0.3, -0.25) is 14.5 Å². The summed E-state index contributed by atoms with van der Waals surface area (Å²) in [5.74, 6) is -0.722. The Morgan fingerprint density at radius 1 is 1.29 bits per heavy atom. The van der Waals surface area contributed by atoms with E-state index in [0.29, 0.717) is 13.1 Å². The second-order valence-corrected chi connectivity index (χ2v) is 7.05. The van der Waals surface area contributed by atoms with Crippen LogP contribution in [0.1, 0.15) is 25.3 Å². The molecule has 0 radical (unpaired) electrons. The van der Waals surface area contributed by atoms with Crippen molar-refractivity contribution in [1.29, 1.82) is 0 Å². The topological polar surface area (TPSA) is 72.9 Å². The Morgan fingerprint density at radius 2 is 2.08 bits per heavy atom. The minimum Gasteiger partial charge on any atom is -0.480 e. The van der Waals surface area contributed by atoms with Crippen molar-refractivity contribution in [2.45, 2.75) is 31.7 Å². The molecule has 24 heavy (non-hydrogen) atoms. The lowest BCUT2D eigenvalue weighted by Gasteiger charge is -2.31. The van der Waals surface area contributed by atoms with Crippen molar-refractivity contribution in [3.63, 3.8) is 0 Å². The molecule has 0 saturated carbocycles. The molecule has 2 N–H and O–H groups in total. The number of aliphatic carboxylic acids is 1. The molecule has 2 aliphatic rings. The number of benzene rings is 1. The number of likely N-dealkylation sites (tertiary alicyclic amines) is 1. The highest BCUT2D eigenvalue weighted by Crippen LogP contribution is 2.27. The van der Waals surface area contributed by atoms with Crippen molar-refractivity contribution in [1.82, 2.24) is 10.2 Å². The largest absolute Gasteiger partial charge is 0.480 e. The van der Waals surface area contributed by atoms with Crippen LogP contribution in [-0.4, -0.2) is 60.1 Å². The van der Waals surface area contributed by atoms with Crippen LogP contribution in [0.25, 0.3) is 0 Å². The minimum atomic E-state index is -0.851. The highest BCUT2D eigenvalue weighted by molar-refractivity contribution is 5.96. The van der Waals surface area contributed by atoms with E-state index in [9.17, 15) is 9.59 Å². The van der Waals surface area contributed by atoms with Gasteiger partial charge in [0.25, 0.3) is 0 Å². The maximum absolute atomic E-state index is 12.8. The molecule has 1 aromatic carbocycles. The van der Waals surface area contributed by atoms with E-state index >= 15 is 0 Å². The van der Waals surface area contributed by atoms with E-state index < -0.39 is 5.97 Å². The first-order valence-corrected chi connectivity index (χ1v) is 8.54. The third-order valence-corrected chi connectivity index (χ3v) is 4.99. The zero-order valence-corrected chi connectivity index (χ0v) is 14.1. The summed E-state index contributed by atoms with van der Waals surface area (Å²) in [4.78, 5) is 27.5. The standard InChI is InChI=1S/C18H25N3O3/c1-18(19-11-17(23)24)8-10-20(13-18)12-16(22)21-9-4-6-14-5-2-3-7-15(14)21/h2-3,5,7,19H,4,6,8-13H2,1H3,(H,23,24)/t18-/m1/s1. The Bertz CT molecular complexity index is 634. The van der Waals surface area contributed by atoms with E-state index in [0.717, 1.165) is 38.0 Å². The van der Waals surface area contributed by atoms with Gasteiger partial charge in [-0.25, -0.2) is 0 Å². The molecular weight excluding hydrogens is 306 g/mol. The monoisotopic (exact) mass is 331 g/mol. The number of carbonyl (C=O) groups excluding carboxylic acids is 1. The van der Waals surface area contributed by atoms with Gasteiger partial charge in [0.15, 0.2) is 0 Å². The number of hydrogen-bond acceptors (Lipinski definition) is 4. The fraction of sp³-hybridized carbons (Fsp3) is 0.556. The molecule has 6 nitrogen and oxygen atoms in total. The Balaban J connectivity index is 1.60. The second-order valence-electron chi connectivity index (χ2n) is 7.05. The predicted octanol–water partition coefficient (Wildman–Crippen LogP) is 1.10. The molecule has 1 saturated heterocycles. The Hall–Kier alpha value is -1.92. The summed E-state index contributed by atoms with van der Waals surface area (Å²) in [5, 5.41) is 11.9. The van der Waals surface area contributed by atoms with Gasteiger partial charge in [-0.05, 0) is 37.8 Å². The lowest BCUT2D eigenvalue weighted by atomic mass is 10.0. The zero-order chi connectivity index (χ0) is 17.2. The number of nitrogens with one attached hydrogen (secondary N) is 1. The van der Waals surface area contributed by atoms with E-state index in [4.69, 9.17) is 5.11 Å². The number of anilines is 1. The smallest absolute Gasteiger partial charge is 0.317 e. The Kier molecular flexibility index (Phi) is 4.87. The molecular formula is C18H25N3O3. The fourth-order valence-electron chi connectivity index (χ4n) is 3.69. The number of carboxylic acid groups (broad SMARTS) is 1. The van der Waals surface area contributed by atoms with Crippen LogP contribution in [-0.2, 0) is 16.0 Å². The summed E-state index contributed by atoms with van der Waals surface area (Å²) in [7, 11) is 0. The average Bonchev–Trinajstić information content (AvgIpc) is 2.94. The van der Waals surface area contributed by atoms with Crippen LogP contribution in [0.15, 0.2) is 24.3 Å². The summed E-state index contributed by atoms with van der Waals surface area (Å²) in [6.45, 7) is 4.65. The van der Waals surface area contributed by atoms with Crippen molar-refractivity contribution in [3.05, 3.63) is 29.8 Å². The maximum Gasteiger partial charge on any atom is 0.317 e. The number of hydrogen-bond donors (Lipinski definition) is 2. The number of nitrogens with zero attached hydrogens (tertiary/aromatic N) is 2. The molecule has 0 aromatic heterocycles. The first kappa shape index (κ1) is 16.9. The van der Waals surface area contributed by atoms with E-state index in [2.05, 4.69) is 16.3 Å². The summed E-state index contributed by atoms with van der Waals surface area (Å²) >= 11 is 0. The highest BCUT2D eigenvalue weighted by Gasteiger charge is 2.35. The van der Waals surface area contributed by atoms with Crippen LogP contribution in [0.4, 0.5) is 5.69 Å². The fourth-order valence-corrected chi connectivity index (χ4v) is 3.69. The van der Waals surface area contributed by atoms with E-state index in [1.165, 1.54) is 5.56 Å². The number of carbonyl (C=O) groups is 2. The summed E-state index contributed by atoms with van der Waals surface area (Å²) in [5.41, 5.74) is 2.05. The van der Waals surface area contributed by atoms with Crippen LogP contribution in [0, 0.1) is 0 Å². The molecule has 6 heteroatoms. The minimum absolute atomic E-state index is 0.0439. The van der Waals surface area contributed by atoms with Gasteiger partial charge in [0.05, 0.1) is 13.1 Å². The lowest BCUT2D eigenvalue weighted by molar-refractivity contribution is -0.136. The van der Waals surface area contributed by atoms with Gasteiger partial charge >= 0.3 is 5.97 Å². The number of rotatable bonds is 5. The molecule has 1 amide bonds. The molecule has 3 rings (SSSR count). The van der Waals surface area contributed by atoms with Gasteiger partial charge in [0.2, 0.25) is 5.91 Å². The third-order valence-electron chi connectivity index (χ3n) is 4.99. The molecule has 0 spiro atoms. The molecule has 130 valence electrons. The lowest BCUT2D eigenvalue weighted by Crippen LogP contribution is -2.48. The molecule has 1 atom stereocenters. The van der Waals surface area contributed by atoms with Gasteiger partial charge in [-0.15, -0.1) is 0 Å². The summed E-state index contributed by atoms with van der Waals surface area (Å²) < 4.78 is 0. The van der Waals surface area contributed by atoms with Crippen molar-refractivity contribution in [2.24, 2.45) is 0 Å². The van der Waals surface area contributed by atoms with Crippen molar-refractivity contribution in [2.75, 3.05) is 37.6 Å². The van der Waals surface area contributed by atoms with E-state index in [1.54, 1.807) is 0 Å². The van der Waals surface area contributed by atoms with Crippen LogP contribution in [0.2, 0.25) is 0 Å². The maximum atomic E-state index is 12.8. The predicted molar refractivity (Wildman–Crippen MR) is 92.2 cm³/mol. The number of para-hydroxylation sites is 1. The Labute approximate surface area is 142 Å². The first-order valence-electron chi connectivity index (χ1n) is 8.54. The van der Waals surface area contributed by atoms with E-state index in [1.807, 2.05) is 30.0 Å². The highest BCUT2D eigenvalue weighted by atomic mass is 16.4. The van der Waals surface area contributed by atoms with Crippen LogP contribution >= 0.6 is 0 Å². The van der Waals surface area contributed by atoms with Gasteiger partial charge in [-0.2, -0.15) is 0 Å². The van der Waals surface area contributed by atoms with Gasteiger partial charge in [0, 0.05) is 30.9 Å². The van der Waals surface area contributed by atoms with Crippen LogP contribution in [0.3, 0.4) is 0 Å². The van der Waals surface area contributed by atoms with Crippen LogP contribution < -0.4 is 10.2 Å². The third kappa shape index (κ3) is 3.76. The Morgan fingerprint density at radius 3 is 2.88 bits per heavy atom. The molecule has 0 bridgehead atoms. The number of carboxylic acids is 1. The van der Waals surface area contributed by atoms with Crippen molar-refractivity contribution in [3.8, 4) is 0 Å². The van der Waals surface area contributed by atoms with Gasteiger partial charge in [-0.1, -0.05) is 18.2 Å². The van der Waals surface area contributed by atoms with Crippen LogP contribution in [0.5, 0.6) is 0 Å². The first-order chi connectivity index (χ1) is 11.5. The van der Waals surface area contributed by atoms with E-state index in [-0.39, 0.29) is 18.0 Å². The molecule has 1 aromatic rings. The zero-order valence-electron chi connectivity index (χ0n) is 14.1.